The Morgan fingerprint density at radius 2 is 1.62 bits per heavy atom. The summed E-state index contributed by atoms with van der Waals surface area (Å²) in [7, 11) is 0. The van der Waals surface area contributed by atoms with Gasteiger partial charge in [-0.25, -0.2) is 0 Å². The molecule has 0 radical (unpaired) electrons. The number of fused-ring (bicyclic) bond motifs is 1. The zero-order valence-corrected chi connectivity index (χ0v) is 23.6. The summed E-state index contributed by atoms with van der Waals surface area (Å²) < 4.78 is 0. The second-order valence-corrected chi connectivity index (χ2v) is 10.6. The molecule has 200 valence electrons. The summed E-state index contributed by atoms with van der Waals surface area (Å²) in [4.78, 5) is 47.7. The molecule has 0 bridgehead atoms. The fourth-order valence-electron chi connectivity index (χ4n) is 5.64. The zero-order chi connectivity index (χ0) is 27.5. The molecule has 3 rings (SSSR count). The van der Waals surface area contributed by atoms with Crippen LogP contribution in [0.5, 0.6) is 0 Å². The first kappa shape index (κ1) is 30.3. The summed E-state index contributed by atoms with van der Waals surface area (Å²) in [5, 5.41) is 0. The van der Waals surface area contributed by atoms with Crippen LogP contribution in [0.2, 0.25) is 0 Å². The summed E-state index contributed by atoms with van der Waals surface area (Å²) in [5.74, 6) is 0.983. The van der Waals surface area contributed by atoms with Crippen LogP contribution < -0.4 is 0 Å². The Labute approximate surface area is 223 Å². The van der Waals surface area contributed by atoms with E-state index in [9.17, 15) is 19.2 Å². The van der Waals surface area contributed by atoms with Gasteiger partial charge in [0.05, 0.1) is 6.42 Å². The summed E-state index contributed by atoms with van der Waals surface area (Å²) in [5.41, 5.74) is 5.15. The number of aryl methyl sites for hydroxylation is 2. The van der Waals surface area contributed by atoms with Crippen LogP contribution in [0.3, 0.4) is 0 Å². The molecule has 0 fully saturated rings. The van der Waals surface area contributed by atoms with Gasteiger partial charge in [0, 0.05) is 29.9 Å². The van der Waals surface area contributed by atoms with Gasteiger partial charge >= 0.3 is 0 Å². The summed E-state index contributed by atoms with van der Waals surface area (Å²) >= 11 is 0. The number of carbonyl (C=O) groups is 4. The maximum absolute atomic E-state index is 12.7. The molecule has 0 amide bonds. The molecular weight excluding hydrogens is 460 g/mol. The molecule has 0 aliphatic heterocycles. The van der Waals surface area contributed by atoms with Crippen LogP contribution in [0.15, 0.2) is 42.5 Å². The van der Waals surface area contributed by atoms with Crippen molar-refractivity contribution < 1.29 is 19.2 Å². The highest BCUT2D eigenvalue weighted by molar-refractivity contribution is 6.00. The van der Waals surface area contributed by atoms with Gasteiger partial charge in [0.1, 0.15) is 11.6 Å². The molecule has 0 saturated carbocycles. The van der Waals surface area contributed by atoms with Crippen LogP contribution in [-0.4, -0.2) is 23.1 Å². The number of benzene rings is 2. The predicted octanol–water partition coefficient (Wildman–Crippen LogP) is 7.71. The molecule has 2 aromatic carbocycles. The van der Waals surface area contributed by atoms with Crippen molar-refractivity contribution in [1.82, 2.24) is 0 Å². The monoisotopic (exact) mass is 504 g/mol. The van der Waals surface area contributed by atoms with Crippen molar-refractivity contribution in [1.29, 1.82) is 0 Å². The molecule has 1 aliphatic rings. The van der Waals surface area contributed by atoms with Gasteiger partial charge in [0.15, 0.2) is 11.6 Å². The summed E-state index contributed by atoms with van der Waals surface area (Å²) in [6.07, 6.45) is 5.80. The normalized spacial score (nSPS) is 16.2. The van der Waals surface area contributed by atoms with Crippen LogP contribution in [0.1, 0.15) is 110 Å². The Morgan fingerprint density at radius 1 is 0.946 bits per heavy atom. The van der Waals surface area contributed by atoms with Crippen molar-refractivity contribution in [2.24, 2.45) is 17.8 Å². The SMILES string of the molecule is CCC(=O)c1ccc(C)cc1.CCCC(CC1CC(=O)c2c(C)cccc2C1)C(CC)C(=O)CC(C)=O. The molecule has 0 spiro atoms. The lowest BCUT2D eigenvalue weighted by Crippen LogP contribution is -2.29. The fourth-order valence-corrected chi connectivity index (χ4v) is 5.64. The zero-order valence-electron chi connectivity index (χ0n) is 23.6. The van der Waals surface area contributed by atoms with E-state index < -0.39 is 0 Å². The van der Waals surface area contributed by atoms with E-state index >= 15 is 0 Å². The first-order valence-corrected chi connectivity index (χ1v) is 13.8. The fraction of sp³-hybridized carbons (Fsp3) is 0.515. The highest BCUT2D eigenvalue weighted by atomic mass is 16.1. The van der Waals surface area contributed by atoms with E-state index in [-0.39, 0.29) is 41.4 Å². The largest absolute Gasteiger partial charge is 0.300 e. The minimum Gasteiger partial charge on any atom is -0.300 e. The van der Waals surface area contributed by atoms with E-state index in [0.717, 1.165) is 54.4 Å². The van der Waals surface area contributed by atoms with E-state index in [4.69, 9.17) is 0 Å². The lowest BCUT2D eigenvalue weighted by atomic mass is 9.72. The molecule has 0 saturated heterocycles. The third-order valence-corrected chi connectivity index (χ3v) is 7.46. The predicted molar refractivity (Wildman–Crippen MR) is 150 cm³/mol. The lowest BCUT2D eigenvalue weighted by Gasteiger charge is -2.31. The standard InChI is InChI=1S/C23H32O3.C10H12O/c1-5-8-18(20(6-2)21(25)11-16(4)24)12-17-13-19-10-7-9-15(3)23(19)22(26)14-17;1-3-10(11)9-6-4-8(2)5-7-9/h7,9-10,17-18,20H,5-6,8,11-14H2,1-4H3;4-7H,3H2,1-2H3. The highest BCUT2D eigenvalue weighted by Gasteiger charge is 2.32. The first-order chi connectivity index (χ1) is 17.6. The van der Waals surface area contributed by atoms with Gasteiger partial charge < -0.3 is 0 Å². The quantitative estimate of drug-likeness (QED) is 0.232. The van der Waals surface area contributed by atoms with Crippen LogP contribution in [0.25, 0.3) is 0 Å². The van der Waals surface area contributed by atoms with Crippen LogP contribution >= 0.6 is 0 Å². The molecule has 4 heteroatoms. The number of hydrogen-bond acceptors (Lipinski definition) is 4. The van der Waals surface area contributed by atoms with Gasteiger partial charge in [-0.1, -0.05) is 81.6 Å². The number of ketones is 4. The van der Waals surface area contributed by atoms with Crippen molar-refractivity contribution in [2.45, 2.75) is 92.9 Å². The van der Waals surface area contributed by atoms with E-state index in [1.54, 1.807) is 0 Å². The Kier molecular flexibility index (Phi) is 12.1. The molecule has 1 aliphatic carbocycles. The van der Waals surface area contributed by atoms with Gasteiger partial charge in [0.2, 0.25) is 0 Å². The number of rotatable bonds is 11. The Bertz CT molecular complexity index is 1080. The molecule has 3 unspecified atom stereocenters. The summed E-state index contributed by atoms with van der Waals surface area (Å²) in [6.45, 7) is 11.6. The highest BCUT2D eigenvalue weighted by Crippen LogP contribution is 2.36. The molecule has 4 nitrogen and oxygen atoms in total. The molecule has 0 N–H and O–H groups in total. The van der Waals surface area contributed by atoms with Crippen molar-refractivity contribution in [2.75, 3.05) is 0 Å². The first-order valence-electron chi connectivity index (χ1n) is 13.8. The second kappa shape index (κ2) is 14.8. The number of carbonyl (C=O) groups excluding carboxylic acids is 4. The van der Waals surface area contributed by atoms with E-state index in [1.165, 1.54) is 12.5 Å². The van der Waals surface area contributed by atoms with E-state index in [1.807, 2.05) is 64.1 Å². The minimum absolute atomic E-state index is 0.0460. The van der Waals surface area contributed by atoms with Crippen molar-refractivity contribution >= 4 is 23.1 Å². The van der Waals surface area contributed by atoms with Gasteiger partial charge in [0.25, 0.3) is 0 Å². The minimum atomic E-state index is -0.0622. The lowest BCUT2D eigenvalue weighted by molar-refractivity contribution is -0.129. The summed E-state index contributed by atoms with van der Waals surface area (Å²) in [6, 6.07) is 13.8. The van der Waals surface area contributed by atoms with E-state index in [2.05, 4.69) is 13.0 Å². The molecular formula is C33H44O4. The van der Waals surface area contributed by atoms with Crippen molar-refractivity contribution in [3.8, 4) is 0 Å². The van der Waals surface area contributed by atoms with Crippen molar-refractivity contribution in [3.05, 3.63) is 70.3 Å². The van der Waals surface area contributed by atoms with Crippen LogP contribution in [-0.2, 0) is 16.0 Å². The average molecular weight is 505 g/mol. The van der Waals surface area contributed by atoms with Gasteiger partial charge in [-0.2, -0.15) is 0 Å². The Balaban J connectivity index is 0.000000364. The number of hydrogen-bond donors (Lipinski definition) is 0. The maximum Gasteiger partial charge on any atom is 0.163 e. The second-order valence-electron chi connectivity index (χ2n) is 10.6. The molecule has 3 atom stereocenters. The van der Waals surface area contributed by atoms with Crippen molar-refractivity contribution in [3.63, 3.8) is 0 Å². The topological polar surface area (TPSA) is 68.3 Å². The van der Waals surface area contributed by atoms with Crippen LogP contribution in [0, 0.1) is 31.6 Å². The van der Waals surface area contributed by atoms with Gasteiger partial charge in [-0.3, -0.25) is 19.2 Å². The van der Waals surface area contributed by atoms with Gasteiger partial charge in [-0.05, 0) is 63.0 Å². The maximum atomic E-state index is 12.7. The third kappa shape index (κ3) is 8.87. The Morgan fingerprint density at radius 3 is 2.19 bits per heavy atom. The van der Waals surface area contributed by atoms with Crippen LogP contribution in [0.4, 0.5) is 0 Å². The molecule has 0 aromatic heterocycles. The smallest absolute Gasteiger partial charge is 0.163 e. The Hall–Kier alpha value is -2.88. The molecule has 0 heterocycles. The molecule has 37 heavy (non-hydrogen) atoms. The number of Topliss-reactive ketones (excluding diaryl/α,β-unsaturated/α-hetero) is 4. The third-order valence-electron chi connectivity index (χ3n) is 7.46. The van der Waals surface area contributed by atoms with E-state index in [0.29, 0.717) is 18.8 Å². The average Bonchev–Trinajstić information content (AvgIpc) is 2.84. The van der Waals surface area contributed by atoms with Gasteiger partial charge in [-0.15, -0.1) is 0 Å². The molecule has 2 aromatic rings.